The van der Waals surface area contributed by atoms with E-state index >= 15 is 0 Å². The van der Waals surface area contributed by atoms with Crippen LogP contribution in [0.3, 0.4) is 0 Å². The number of thioether (sulfide) groups is 1. The van der Waals surface area contributed by atoms with Gasteiger partial charge < -0.3 is 0 Å². The van der Waals surface area contributed by atoms with Gasteiger partial charge in [0.2, 0.25) is 0 Å². The van der Waals surface area contributed by atoms with E-state index < -0.39 is 0 Å². The summed E-state index contributed by atoms with van der Waals surface area (Å²) < 4.78 is 0. The van der Waals surface area contributed by atoms with Crippen LogP contribution in [0.25, 0.3) is 11.6 Å². The lowest BCUT2D eigenvalue weighted by molar-refractivity contribution is 0.103. The zero-order valence-corrected chi connectivity index (χ0v) is 10.9. The Kier molecular flexibility index (Phi) is 1.69. The van der Waals surface area contributed by atoms with Crippen molar-refractivity contribution in [2.24, 2.45) is 0 Å². The van der Waals surface area contributed by atoms with Crippen molar-refractivity contribution >= 4 is 29.2 Å². The average molecular weight is 262 g/mol. The second-order valence-corrected chi connectivity index (χ2v) is 6.57. The van der Waals surface area contributed by atoms with Gasteiger partial charge in [-0.1, -0.05) is 48.5 Å². The minimum absolute atomic E-state index is 0.175. The van der Waals surface area contributed by atoms with Gasteiger partial charge in [-0.05, 0) is 21.6 Å². The smallest absolute Gasteiger partial charge is 0.194 e. The Morgan fingerprint density at radius 1 is 0.895 bits per heavy atom. The Balaban J connectivity index is 2.08. The van der Waals surface area contributed by atoms with Crippen LogP contribution >= 0.6 is 11.8 Å². The molecule has 1 saturated heterocycles. The van der Waals surface area contributed by atoms with Crippen LogP contribution in [0.15, 0.2) is 42.5 Å². The first-order valence-electron chi connectivity index (χ1n) is 6.49. The summed E-state index contributed by atoms with van der Waals surface area (Å²) in [7, 11) is 0. The number of rotatable bonds is 0. The van der Waals surface area contributed by atoms with E-state index in [9.17, 15) is 4.79 Å². The molecular formula is C17H10OS. The summed E-state index contributed by atoms with van der Waals surface area (Å²) >= 11 is 1.99. The van der Waals surface area contributed by atoms with E-state index in [-0.39, 0.29) is 5.78 Å². The van der Waals surface area contributed by atoms with Crippen LogP contribution in [0.1, 0.15) is 21.5 Å². The van der Waals surface area contributed by atoms with Crippen molar-refractivity contribution in [2.75, 3.05) is 0 Å². The number of hydrogen-bond donors (Lipinski definition) is 0. The highest BCUT2D eigenvalue weighted by Gasteiger charge is 2.44. The highest BCUT2D eigenvalue weighted by atomic mass is 32.2. The van der Waals surface area contributed by atoms with Crippen LogP contribution in [0.4, 0.5) is 0 Å². The lowest BCUT2D eigenvalue weighted by Gasteiger charge is -2.20. The number of hydrogen-bond acceptors (Lipinski definition) is 2. The number of carbonyl (C=O) groups excluding carboxylic acids is 1. The lowest BCUT2D eigenvalue weighted by Crippen LogP contribution is -2.40. The fourth-order valence-electron chi connectivity index (χ4n) is 3.35. The first kappa shape index (κ1) is 10.0. The second-order valence-electron chi connectivity index (χ2n) is 5.25. The van der Waals surface area contributed by atoms with Crippen molar-refractivity contribution in [2.45, 2.75) is 10.5 Å². The molecule has 0 N–H and O–H groups in total. The third kappa shape index (κ3) is 1.15. The molecule has 2 atom stereocenters. The highest BCUT2D eigenvalue weighted by molar-refractivity contribution is 8.08. The fourth-order valence-corrected chi connectivity index (χ4v) is 4.42. The van der Waals surface area contributed by atoms with Crippen molar-refractivity contribution in [1.82, 2.24) is 0 Å². The molecule has 0 spiro atoms. The molecule has 1 fully saturated rings. The molecule has 2 heteroatoms. The molecular weight excluding hydrogens is 252 g/mol. The Morgan fingerprint density at radius 2 is 1.68 bits per heavy atom. The van der Waals surface area contributed by atoms with E-state index in [0.29, 0.717) is 10.5 Å². The Hall–Kier alpha value is -1.80. The normalized spacial score (nSPS) is 25.1. The molecule has 0 radical (unpaired) electrons. The molecule has 1 aliphatic heterocycles. The molecule has 2 unspecified atom stereocenters. The molecule has 19 heavy (non-hydrogen) atoms. The molecule has 2 aromatic carbocycles. The summed E-state index contributed by atoms with van der Waals surface area (Å²) in [6.45, 7) is 0. The third-order valence-electron chi connectivity index (χ3n) is 4.23. The molecule has 0 saturated carbocycles. The number of ketones is 1. The van der Waals surface area contributed by atoms with Crippen molar-refractivity contribution in [3.8, 4) is 0 Å². The zero-order valence-electron chi connectivity index (χ0n) is 10.1. The van der Waals surface area contributed by atoms with Crippen LogP contribution in [0.2, 0.25) is 0 Å². The molecule has 90 valence electrons. The molecule has 0 amide bonds. The maximum atomic E-state index is 12.6. The standard InChI is InChI=1S/C17H10OS/c18-16-11-6-2-1-5-10(11)15-14-9(4-3-7-12(14)16)8-13-17(15)19-13/h1-8,13,17H. The van der Waals surface area contributed by atoms with Crippen molar-refractivity contribution in [1.29, 1.82) is 0 Å². The van der Waals surface area contributed by atoms with Gasteiger partial charge in [-0.15, -0.1) is 11.8 Å². The van der Waals surface area contributed by atoms with Crippen LogP contribution in [0.5, 0.6) is 0 Å². The van der Waals surface area contributed by atoms with Gasteiger partial charge in [0.15, 0.2) is 5.78 Å². The monoisotopic (exact) mass is 262 g/mol. The summed E-state index contributed by atoms with van der Waals surface area (Å²) in [5, 5.41) is 3.60. The van der Waals surface area contributed by atoms with Gasteiger partial charge in [-0.25, -0.2) is 0 Å². The summed E-state index contributed by atoms with van der Waals surface area (Å²) in [6.07, 6.45) is 2.32. The topological polar surface area (TPSA) is 17.1 Å². The maximum absolute atomic E-state index is 12.6. The molecule has 2 aromatic rings. The number of carbonyl (C=O) groups is 1. The van der Waals surface area contributed by atoms with Crippen LogP contribution in [-0.4, -0.2) is 16.3 Å². The van der Waals surface area contributed by atoms with E-state index in [4.69, 9.17) is 0 Å². The largest absolute Gasteiger partial charge is 0.289 e. The molecule has 0 aromatic heterocycles. The van der Waals surface area contributed by atoms with Gasteiger partial charge in [0.05, 0.1) is 0 Å². The molecule has 1 heterocycles. The van der Waals surface area contributed by atoms with Crippen LogP contribution in [0, 0.1) is 0 Å². The Morgan fingerprint density at radius 3 is 2.58 bits per heavy atom. The van der Waals surface area contributed by atoms with Crippen molar-refractivity contribution < 1.29 is 4.79 Å². The Bertz CT molecular complexity index is 878. The quantitative estimate of drug-likeness (QED) is 0.672. The summed E-state index contributed by atoms with van der Waals surface area (Å²) in [5.41, 5.74) is 4.29. The van der Waals surface area contributed by atoms with E-state index in [2.05, 4.69) is 18.2 Å². The minimum Gasteiger partial charge on any atom is -0.289 e. The average Bonchev–Trinajstić information content (AvgIpc) is 3.21. The molecule has 0 bridgehead atoms. The summed E-state index contributed by atoms with van der Waals surface area (Å²) in [6, 6.07) is 14.2. The van der Waals surface area contributed by atoms with Crippen molar-refractivity contribution in [3.05, 3.63) is 69.6 Å². The molecule has 1 nitrogen and oxygen atoms in total. The predicted molar refractivity (Wildman–Crippen MR) is 77.7 cm³/mol. The van der Waals surface area contributed by atoms with Gasteiger partial charge in [0, 0.05) is 21.6 Å². The second kappa shape index (κ2) is 3.20. The minimum atomic E-state index is 0.175. The molecule has 3 aliphatic rings. The van der Waals surface area contributed by atoms with Crippen molar-refractivity contribution in [3.63, 3.8) is 0 Å². The van der Waals surface area contributed by atoms with E-state index in [1.165, 1.54) is 16.0 Å². The van der Waals surface area contributed by atoms with Gasteiger partial charge in [0.1, 0.15) is 0 Å². The number of fused-ring (bicyclic) bond motifs is 4. The summed E-state index contributed by atoms with van der Waals surface area (Å²) in [4.78, 5) is 12.6. The van der Waals surface area contributed by atoms with Gasteiger partial charge in [-0.2, -0.15) is 0 Å². The molecule has 5 rings (SSSR count). The predicted octanol–water partition coefficient (Wildman–Crippen LogP) is 1.71. The van der Waals surface area contributed by atoms with Gasteiger partial charge in [0.25, 0.3) is 0 Å². The van der Waals surface area contributed by atoms with E-state index in [1.807, 2.05) is 42.1 Å². The first-order valence-corrected chi connectivity index (χ1v) is 7.43. The Labute approximate surface area is 114 Å². The zero-order chi connectivity index (χ0) is 12.6. The lowest BCUT2D eigenvalue weighted by atomic mass is 9.81. The maximum Gasteiger partial charge on any atom is 0.194 e. The van der Waals surface area contributed by atoms with Crippen LogP contribution in [-0.2, 0) is 0 Å². The third-order valence-corrected chi connectivity index (χ3v) is 5.46. The van der Waals surface area contributed by atoms with E-state index in [1.54, 1.807) is 0 Å². The van der Waals surface area contributed by atoms with Crippen LogP contribution < -0.4 is 10.4 Å². The fraction of sp³-hybridized carbons (Fsp3) is 0.118. The van der Waals surface area contributed by atoms with Gasteiger partial charge in [-0.3, -0.25) is 4.79 Å². The highest BCUT2D eigenvalue weighted by Crippen LogP contribution is 2.51. The molecule has 2 aliphatic carbocycles. The summed E-state index contributed by atoms with van der Waals surface area (Å²) in [5.74, 6) is 0.175. The van der Waals surface area contributed by atoms with E-state index in [0.717, 1.165) is 16.7 Å². The number of benzene rings is 2. The SMILES string of the molecule is O=C1c2ccccc2C2=c3c1cccc3=CC1SC21. The first-order chi connectivity index (χ1) is 9.34. The van der Waals surface area contributed by atoms with Gasteiger partial charge >= 0.3 is 0 Å².